The van der Waals surface area contributed by atoms with E-state index in [1.165, 1.54) is 24.7 Å². The van der Waals surface area contributed by atoms with Crippen molar-refractivity contribution < 1.29 is 27.5 Å². The number of nitrogens with one attached hydrogen (secondary N) is 3. The number of aryl methyl sites for hydroxylation is 1. The van der Waals surface area contributed by atoms with Crippen molar-refractivity contribution in [2.45, 2.75) is 38.7 Å². The van der Waals surface area contributed by atoms with Crippen LogP contribution in [0.1, 0.15) is 24.5 Å². The molecule has 0 aromatic heterocycles. The number of halogens is 3. The number of aliphatic imine (C=N–C) groups is 1. The molecule has 1 aliphatic heterocycles. The maximum absolute atomic E-state index is 12.6. The molecule has 1 aromatic carbocycles. The highest BCUT2D eigenvalue weighted by molar-refractivity contribution is 6.06. The molecule has 10 heteroatoms. The first kappa shape index (κ1) is 21.3. The normalized spacial score (nSPS) is 18.3. The number of ether oxygens (including phenoxy) is 1. The quantitative estimate of drug-likeness (QED) is 0.655. The minimum Gasteiger partial charge on any atom is -0.484 e. The number of alkyl halides is 3. The van der Waals surface area contributed by atoms with E-state index in [-0.39, 0.29) is 24.6 Å². The second-order valence-corrected chi connectivity index (χ2v) is 6.13. The Morgan fingerprint density at radius 1 is 1.32 bits per heavy atom. The van der Waals surface area contributed by atoms with Crippen LogP contribution in [-0.2, 0) is 16.1 Å². The summed E-state index contributed by atoms with van der Waals surface area (Å²) in [5, 5.41) is 8.04. The maximum atomic E-state index is 12.6. The van der Waals surface area contributed by atoms with E-state index in [0.29, 0.717) is 11.1 Å². The van der Waals surface area contributed by atoms with Crippen LogP contribution in [0.3, 0.4) is 0 Å². The fourth-order valence-corrected chi connectivity index (χ4v) is 2.43. The van der Waals surface area contributed by atoms with Crippen LogP contribution in [0.25, 0.3) is 0 Å². The minimum atomic E-state index is -4.42. The van der Waals surface area contributed by atoms with Crippen LogP contribution in [0.15, 0.2) is 35.6 Å². The molecule has 1 unspecified atom stereocenters. The lowest BCUT2D eigenvalue weighted by Crippen LogP contribution is -2.67. The summed E-state index contributed by atoms with van der Waals surface area (Å²) in [4.78, 5) is 28.3. The molecule has 0 fully saturated rings. The fourth-order valence-electron chi connectivity index (χ4n) is 2.43. The molecule has 0 bridgehead atoms. The first-order valence-electron chi connectivity index (χ1n) is 8.50. The number of rotatable bonds is 7. The van der Waals surface area contributed by atoms with E-state index in [1.54, 1.807) is 26.0 Å². The van der Waals surface area contributed by atoms with Gasteiger partial charge >= 0.3 is 6.18 Å². The van der Waals surface area contributed by atoms with Crippen LogP contribution in [0.4, 0.5) is 13.2 Å². The number of hydrogen-bond donors (Lipinski definition) is 3. The second-order valence-electron chi connectivity index (χ2n) is 6.13. The van der Waals surface area contributed by atoms with Gasteiger partial charge in [0.1, 0.15) is 5.75 Å². The molecule has 3 N–H and O–H groups in total. The molecule has 0 spiro atoms. The van der Waals surface area contributed by atoms with E-state index >= 15 is 0 Å². The van der Waals surface area contributed by atoms with Crippen molar-refractivity contribution in [3.63, 3.8) is 0 Å². The van der Waals surface area contributed by atoms with E-state index < -0.39 is 24.4 Å². The molecule has 1 atom stereocenters. The molecule has 1 heterocycles. The Balaban J connectivity index is 2.02. The van der Waals surface area contributed by atoms with Crippen LogP contribution in [0, 0.1) is 6.92 Å². The van der Waals surface area contributed by atoms with Crippen molar-refractivity contribution in [3.8, 4) is 5.75 Å². The third-order valence-corrected chi connectivity index (χ3v) is 3.84. The highest BCUT2D eigenvalue weighted by atomic mass is 19.4. The Kier molecular flexibility index (Phi) is 6.66. The van der Waals surface area contributed by atoms with Gasteiger partial charge in [-0.15, -0.1) is 0 Å². The molecule has 1 aliphatic rings. The van der Waals surface area contributed by atoms with Crippen molar-refractivity contribution in [1.29, 1.82) is 0 Å². The van der Waals surface area contributed by atoms with Crippen molar-refractivity contribution in [3.05, 3.63) is 41.7 Å². The first-order valence-corrected chi connectivity index (χ1v) is 8.50. The van der Waals surface area contributed by atoms with Gasteiger partial charge < -0.3 is 20.7 Å². The highest BCUT2D eigenvalue weighted by Gasteiger charge is 2.38. The zero-order chi connectivity index (χ0) is 20.8. The summed E-state index contributed by atoms with van der Waals surface area (Å²) in [7, 11) is 0. The third-order valence-electron chi connectivity index (χ3n) is 3.84. The van der Waals surface area contributed by atoms with Gasteiger partial charge in [0.05, 0.1) is 6.21 Å². The predicted molar refractivity (Wildman–Crippen MR) is 96.5 cm³/mol. The molecule has 0 saturated carbocycles. The van der Waals surface area contributed by atoms with E-state index in [4.69, 9.17) is 4.74 Å². The molecule has 2 rings (SSSR count). The van der Waals surface area contributed by atoms with Crippen LogP contribution in [0.5, 0.6) is 5.75 Å². The average Bonchev–Trinajstić information content (AvgIpc) is 2.65. The van der Waals surface area contributed by atoms with Gasteiger partial charge in [0.15, 0.2) is 6.61 Å². The molecule has 7 nitrogen and oxygen atoms in total. The van der Waals surface area contributed by atoms with E-state index in [0.717, 1.165) is 0 Å². The van der Waals surface area contributed by atoms with Crippen molar-refractivity contribution >= 4 is 18.0 Å². The third kappa shape index (κ3) is 5.73. The number of nitrogens with zero attached hydrogens (tertiary/aromatic N) is 1. The Hall–Kier alpha value is -3.04. The summed E-state index contributed by atoms with van der Waals surface area (Å²) in [6.07, 6.45) is -0.0689. The maximum Gasteiger partial charge on any atom is 0.422 e. The summed E-state index contributed by atoms with van der Waals surface area (Å²) in [5.41, 5.74) is -0.345. The van der Waals surface area contributed by atoms with E-state index in [2.05, 4.69) is 20.9 Å². The average molecular weight is 398 g/mol. The van der Waals surface area contributed by atoms with Crippen molar-refractivity contribution in [2.24, 2.45) is 4.99 Å². The summed E-state index contributed by atoms with van der Waals surface area (Å²) in [5.74, 6) is -0.755. The molecule has 152 valence electrons. The van der Waals surface area contributed by atoms with Crippen molar-refractivity contribution in [2.75, 3.05) is 6.61 Å². The lowest BCUT2D eigenvalue weighted by atomic mass is 10.1. The SMILES string of the molecule is CCC(=O)NC1(C(=O)NCc2ccc(OCC(F)(F)F)c(C)c2)C=NC=CN1. The Morgan fingerprint density at radius 2 is 2.07 bits per heavy atom. The van der Waals surface area contributed by atoms with Crippen LogP contribution in [0.2, 0.25) is 0 Å². The lowest BCUT2D eigenvalue weighted by molar-refractivity contribution is -0.153. The number of amides is 2. The molecule has 0 aliphatic carbocycles. The first-order chi connectivity index (χ1) is 13.1. The topological polar surface area (TPSA) is 91.8 Å². The van der Waals surface area contributed by atoms with Gasteiger partial charge in [0.25, 0.3) is 5.91 Å². The van der Waals surface area contributed by atoms with Crippen LogP contribution in [-0.4, -0.2) is 36.5 Å². The number of hydrogen-bond acceptors (Lipinski definition) is 5. The lowest BCUT2D eigenvalue weighted by Gasteiger charge is -2.31. The smallest absolute Gasteiger partial charge is 0.422 e. The Labute approximate surface area is 160 Å². The largest absolute Gasteiger partial charge is 0.484 e. The van der Waals surface area contributed by atoms with Crippen LogP contribution >= 0.6 is 0 Å². The van der Waals surface area contributed by atoms with Gasteiger partial charge in [-0.3, -0.25) is 14.6 Å². The van der Waals surface area contributed by atoms with Gasteiger partial charge in [-0.25, -0.2) is 0 Å². The minimum absolute atomic E-state index is 0.0994. The zero-order valence-corrected chi connectivity index (χ0v) is 15.4. The molecule has 1 aromatic rings. The van der Waals surface area contributed by atoms with Crippen LogP contribution < -0.4 is 20.7 Å². The molecule has 0 saturated heterocycles. The number of benzene rings is 1. The standard InChI is InChI=1S/C18H21F3N4O3/c1-3-15(26)25-17(10-22-6-7-24-17)16(27)23-9-13-4-5-14(12(2)8-13)28-11-18(19,20)21/h4-8,10,24H,3,9,11H2,1-2H3,(H,23,27)(H,25,26). The monoisotopic (exact) mass is 398 g/mol. The molecule has 28 heavy (non-hydrogen) atoms. The second kappa shape index (κ2) is 8.77. The van der Waals surface area contributed by atoms with Gasteiger partial charge in [0, 0.05) is 25.4 Å². The van der Waals surface area contributed by atoms with Gasteiger partial charge in [0.2, 0.25) is 11.6 Å². The van der Waals surface area contributed by atoms with Gasteiger partial charge in [-0.05, 0) is 24.1 Å². The van der Waals surface area contributed by atoms with Crippen molar-refractivity contribution in [1.82, 2.24) is 16.0 Å². The highest BCUT2D eigenvalue weighted by Crippen LogP contribution is 2.22. The summed E-state index contributed by atoms with van der Waals surface area (Å²) in [6.45, 7) is 1.99. The molecule has 2 amide bonds. The summed E-state index contributed by atoms with van der Waals surface area (Å²) >= 11 is 0. The summed E-state index contributed by atoms with van der Waals surface area (Å²) in [6, 6.07) is 4.59. The number of carbonyl (C=O) groups excluding carboxylic acids is 2. The Morgan fingerprint density at radius 3 is 2.64 bits per heavy atom. The molecular weight excluding hydrogens is 377 g/mol. The van der Waals surface area contributed by atoms with Gasteiger partial charge in [-0.2, -0.15) is 13.2 Å². The van der Waals surface area contributed by atoms with Gasteiger partial charge in [-0.1, -0.05) is 19.1 Å². The summed E-state index contributed by atoms with van der Waals surface area (Å²) < 4.78 is 41.6. The van der Waals surface area contributed by atoms with E-state index in [1.807, 2.05) is 0 Å². The fraction of sp³-hybridized carbons (Fsp3) is 0.389. The molecular formula is C18H21F3N4O3. The molecule has 0 radical (unpaired) electrons. The zero-order valence-electron chi connectivity index (χ0n) is 15.4. The van der Waals surface area contributed by atoms with E-state index in [9.17, 15) is 22.8 Å². The predicted octanol–water partition coefficient (Wildman–Crippen LogP) is 1.92. The Bertz CT molecular complexity index is 793. The number of carbonyl (C=O) groups is 2.